The van der Waals surface area contributed by atoms with Crippen molar-refractivity contribution in [2.45, 2.75) is 106 Å². The molecule has 5 aliphatic rings. The quantitative estimate of drug-likeness (QED) is 0.396. The Morgan fingerprint density at radius 3 is 2.34 bits per heavy atom. The number of carboxylic acid groups (broad SMARTS) is 1. The van der Waals surface area contributed by atoms with E-state index >= 15 is 0 Å². The first-order valence-electron chi connectivity index (χ1n) is 14.2. The number of aliphatic hydroxyl groups excluding tert-OH is 1. The van der Waals surface area contributed by atoms with Crippen LogP contribution >= 0.6 is 0 Å². The van der Waals surface area contributed by atoms with Crippen LogP contribution in [0.1, 0.15) is 99.8 Å². The summed E-state index contributed by atoms with van der Waals surface area (Å²) in [7, 11) is 0. The number of rotatable bonds is 2. The molecule has 196 valence electrons. The molecule has 5 aliphatic carbocycles. The van der Waals surface area contributed by atoms with Gasteiger partial charge in [0.1, 0.15) is 6.61 Å². The summed E-state index contributed by atoms with van der Waals surface area (Å²) in [6, 6.07) is 0. The standard InChI is InChI=1S/C31H48O4/c1-19-10-15-31(18-35-26(33)34)17-16-29(6)21(25(31)20(19)2)8-9-23-28(5)13-12-24(32)27(3,4)22(28)11-14-30(23,29)7/h8-9,19-20,22,24-25,32H,10-18H2,1-7H3,(H,33,34)/t19-,20+,22?,24+,25+,28+,29-,30-,31-/m1/s1. The summed E-state index contributed by atoms with van der Waals surface area (Å²) in [5.41, 5.74) is 3.35. The second-order valence-corrected chi connectivity index (χ2v) is 14.5. The van der Waals surface area contributed by atoms with Crippen molar-refractivity contribution >= 4 is 6.16 Å². The van der Waals surface area contributed by atoms with Gasteiger partial charge in [-0.05, 0) is 96.7 Å². The molecule has 0 aromatic rings. The van der Waals surface area contributed by atoms with Crippen LogP contribution in [0, 0.1) is 50.7 Å². The molecule has 0 saturated heterocycles. The molecule has 0 bridgehead atoms. The fourth-order valence-corrected chi connectivity index (χ4v) is 10.4. The van der Waals surface area contributed by atoms with Crippen LogP contribution in [-0.2, 0) is 4.74 Å². The van der Waals surface area contributed by atoms with Crippen LogP contribution in [0.25, 0.3) is 0 Å². The summed E-state index contributed by atoms with van der Waals surface area (Å²) < 4.78 is 5.34. The molecule has 4 saturated carbocycles. The lowest BCUT2D eigenvalue weighted by molar-refractivity contribution is -0.131. The lowest BCUT2D eigenvalue weighted by Crippen LogP contribution is -2.61. The van der Waals surface area contributed by atoms with Crippen molar-refractivity contribution in [2.75, 3.05) is 6.61 Å². The maximum atomic E-state index is 11.4. The molecule has 0 aromatic carbocycles. The number of hydrogen-bond donors (Lipinski definition) is 2. The predicted octanol–water partition coefficient (Wildman–Crippen LogP) is 7.62. The molecule has 0 radical (unpaired) electrons. The zero-order valence-corrected chi connectivity index (χ0v) is 23.1. The molecule has 0 aromatic heterocycles. The van der Waals surface area contributed by atoms with E-state index in [-0.39, 0.29) is 33.2 Å². The minimum absolute atomic E-state index is 0.0662. The van der Waals surface area contributed by atoms with Crippen molar-refractivity contribution in [1.29, 1.82) is 0 Å². The van der Waals surface area contributed by atoms with E-state index in [0.29, 0.717) is 30.3 Å². The van der Waals surface area contributed by atoms with Gasteiger partial charge in [0.15, 0.2) is 0 Å². The van der Waals surface area contributed by atoms with Gasteiger partial charge in [0.05, 0.1) is 6.10 Å². The van der Waals surface area contributed by atoms with Crippen LogP contribution in [0.5, 0.6) is 0 Å². The average molecular weight is 485 g/mol. The third-order valence-electron chi connectivity index (χ3n) is 13.0. The third kappa shape index (κ3) is 3.23. The van der Waals surface area contributed by atoms with Gasteiger partial charge in [-0.15, -0.1) is 0 Å². The SMILES string of the molecule is C[C@H]1[C@H](C)CC[C@]2(COC(=O)O)CC[C@]3(C)C(=CC=C4[C@@]5(C)CC[C@H](O)C(C)(C)C5CC[C@]43C)[C@H]12. The van der Waals surface area contributed by atoms with Crippen LogP contribution in [0.3, 0.4) is 0 Å². The molecule has 4 fully saturated rings. The highest BCUT2D eigenvalue weighted by Crippen LogP contribution is 2.74. The molecule has 4 nitrogen and oxygen atoms in total. The lowest BCUT2D eigenvalue weighted by Gasteiger charge is -2.69. The molecule has 1 unspecified atom stereocenters. The van der Waals surface area contributed by atoms with E-state index < -0.39 is 6.16 Å². The normalized spacial score (nSPS) is 50.5. The molecule has 0 spiro atoms. The van der Waals surface area contributed by atoms with Crippen molar-refractivity contribution in [1.82, 2.24) is 0 Å². The Hall–Kier alpha value is -1.29. The van der Waals surface area contributed by atoms with Gasteiger partial charge >= 0.3 is 6.16 Å². The molecule has 5 rings (SSSR count). The predicted molar refractivity (Wildman–Crippen MR) is 139 cm³/mol. The highest BCUT2D eigenvalue weighted by molar-refractivity contribution is 5.57. The van der Waals surface area contributed by atoms with Crippen LogP contribution in [0.4, 0.5) is 4.79 Å². The van der Waals surface area contributed by atoms with Crippen LogP contribution in [0.15, 0.2) is 23.3 Å². The Kier molecular flexibility index (Phi) is 5.69. The van der Waals surface area contributed by atoms with Crippen molar-refractivity contribution < 1.29 is 19.7 Å². The monoisotopic (exact) mass is 484 g/mol. The van der Waals surface area contributed by atoms with Gasteiger partial charge in [-0.3, -0.25) is 0 Å². The van der Waals surface area contributed by atoms with E-state index in [0.717, 1.165) is 38.5 Å². The molecule has 0 amide bonds. The zero-order valence-electron chi connectivity index (χ0n) is 23.1. The van der Waals surface area contributed by atoms with Gasteiger partial charge in [-0.25, -0.2) is 4.79 Å². The Morgan fingerprint density at radius 2 is 1.66 bits per heavy atom. The van der Waals surface area contributed by atoms with Crippen LogP contribution < -0.4 is 0 Å². The molecule has 9 atom stereocenters. The van der Waals surface area contributed by atoms with Gasteiger partial charge in [0.2, 0.25) is 0 Å². The topological polar surface area (TPSA) is 66.8 Å². The van der Waals surface area contributed by atoms with Crippen molar-refractivity contribution in [3.8, 4) is 0 Å². The number of hydrogen-bond acceptors (Lipinski definition) is 3. The Balaban J connectivity index is 1.62. The Bertz CT molecular complexity index is 963. The van der Waals surface area contributed by atoms with Crippen molar-refractivity contribution in [3.05, 3.63) is 23.3 Å². The summed E-state index contributed by atoms with van der Waals surface area (Å²) in [5.74, 6) is 2.01. The third-order valence-corrected chi connectivity index (χ3v) is 13.0. The fourth-order valence-electron chi connectivity index (χ4n) is 10.4. The van der Waals surface area contributed by atoms with Gasteiger partial charge in [-0.1, -0.05) is 71.8 Å². The smallest absolute Gasteiger partial charge is 0.450 e. The maximum absolute atomic E-state index is 11.4. The lowest BCUT2D eigenvalue weighted by atomic mass is 9.36. The second kappa shape index (κ2) is 7.85. The van der Waals surface area contributed by atoms with E-state index in [9.17, 15) is 15.0 Å². The Labute approximate surface area is 212 Å². The van der Waals surface area contributed by atoms with Gasteiger partial charge in [0.25, 0.3) is 0 Å². The highest BCUT2D eigenvalue weighted by Gasteiger charge is 2.66. The molecule has 0 aliphatic heterocycles. The van der Waals surface area contributed by atoms with Gasteiger partial charge < -0.3 is 14.9 Å². The summed E-state index contributed by atoms with van der Waals surface area (Å²) in [5, 5.41) is 20.3. The molecule has 4 heteroatoms. The van der Waals surface area contributed by atoms with Crippen LogP contribution in [-0.4, -0.2) is 29.1 Å². The minimum atomic E-state index is -1.14. The van der Waals surface area contributed by atoms with Gasteiger partial charge in [0, 0.05) is 5.41 Å². The maximum Gasteiger partial charge on any atom is 0.505 e. The molecular weight excluding hydrogens is 436 g/mol. The molecule has 0 heterocycles. The number of fused-ring (bicyclic) bond motifs is 7. The first-order valence-corrected chi connectivity index (χ1v) is 14.2. The van der Waals surface area contributed by atoms with E-state index in [4.69, 9.17) is 4.74 Å². The number of allylic oxidation sites excluding steroid dienone is 4. The number of aliphatic hydroxyl groups is 1. The number of carbonyl (C=O) groups is 1. The van der Waals surface area contributed by atoms with Crippen molar-refractivity contribution in [2.24, 2.45) is 50.7 Å². The fraction of sp³-hybridized carbons (Fsp3) is 0.839. The number of ether oxygens (including phenoxy) is 1. The van der Waals surface area contributed by atoms with E-state index in [1.807, 2.05) is 0 Å². The molecule has 2 N–H and O–H groups in total. The first kappa shape index (κ1) is 25.4. The van der Waals surface area contributed by atoms with Crippen LogP contribution in [0.2, 0.25) is 0 Å². The summed E-state index contributed by atoms with van der Waals surface area (Å²) in [6.07, 6.45) is 12.3. The average Bonchev–Trinajstić information content (AvgIpc) is 2.78. The molecular formula is C31H48O4. The second-order valence-electron chi connectivity index (χ2n) is 14.5. The highest BCUT2D eigenvalue weighted by atomic mass is 16.7. The van der Waals surface area contributed by atoms with Crippen molar-refractivity contribution in [3.63, 3.8) is 0 Å². The van der Waals surface area contributed by atoms with Gasteiger partial charge in [-0.2, -0.15) is 0 Å². The largest absolute Gasteiger partial charge is 0.505 e. The molecule has 35 heavy (non-hydrogen) atoms. The first-order chi connectivity index (χ1) is 16.2. The summed E-state index contributed by atoms with van der Waals surface area (Å²) in [4.78, 5) is 11.4. The minimum Gasteiger partial charge on any atom is -0.450 e. The van der Waals surface area contributed by atoms with E-state index in [1.165, 1.54) is 12.8 Å². The summed E-state index contributed by atoms with van der Waals surface area (Å²) in [6.45, 7) is 17.3. The van der Waals surface area contributed by atoms with E-state index in [2.05, 4.69) is 60.6 Å². The summed E-state index contributed by atoms with van der Waals surface area (Å²) >= 11 is 0. The Morgan fingerprint density at radius 1 is 0.943 bits per heavy atom. The zero-order chi connectivity index (χ0) is 25.6. The van der Waals surface area contributed by atoms with E-state index in [1.54, 1.807) is 11.1 Å².